The van der Waals surface area contributed by atoms with E-state index >= 15 is 0 Å². The highest BCUT2D eigenvalue weighted by molar-refractivity contribution is 5.90. The van der Waals surface area contributed by atoms with E-state index in [0.717, 1.165) is 36.8 Å². The van der Waals surface area contributed by atoms with E-state index in [1.165, 1.54) is 14.0 Å². The third-order valence-corrected chi connectivity index (χ3v) is 5.52. The molecule has 1 aromatic carbocycles. The lowest BCUT2D eigenvalue weighted by Crippen LogP contribution is -2.53. The van der Waals surface area contributed by atoms with E-state index in [1.54, 1.807) is 6.07 Å². The van der Waals surface area contributed by atoms with Crippen LogP contribution in [0.5, 0.6) is 0 Å². The normalized spacial score (nSPS) is 15.8. The molecule has 0 radical (unpaired) electrons. The van der Waals surface area contributed by atoms with Gasteiger partial charge in [-0.2, -0.15) is 5.10 Å². The number of aliphatic hydroxyl groups is 1. The van der Waals surface area contributed by atoms with E-state index in [-0.39, 0.29) is 24.1 Å². The van der Waals surface area contributed by atoms with Crippen molar-refractivity contribution in [2.24, 2.45) is 5.92 Å². The molecule has 2 amide bonds. The van der Waals surface area contributed by atoms with E-state index in [1.807, 2.05) is 24.3 Å². The quantitative estimate of drug-likeness (QED) is 0.471. The molecular formula is C22H28N4O5. The molecule has 1 aliphatic rings. The number of amides is 2. The van der Waals surface area contributed by atoms with Gasteiger partial charge in [-0.15, -0.1) is 0 Å². The Bertz CT molecular complexity index is 933. The molecular weight excluding hydrogens is 400 g/mol. The van der Waals surface area contributed by atoms with Gasteiger partial charge in [-0.05, 0) is 31.4 Å². The second kappa shape index (κ2) is 10.2. The number of methoxy groups -OCH3 is 1. The van der Waals surface area contributed by atoms with Crippen LogP contribution in [-0.2, 0) is 20.9 Å². The fraction of sp³-hybridized carbons (Fsp3) is 0.455. The molecule has 0 bridgehead atoms. The van der Waals surface area contributed by atoms with Crippen LogP contribution in [0.15, 0.2) is 30.3 Å². The summed E-state index contributed by atoms with van der Waals surface area (Å²) < 4.78 is 4.69. The number of carbonyl (C=O) groups excluding carboxylic acids is 3. The molecule has 0 saturated heterocycles. The van der Waals surface area contributed by atoms with Gasteiger partial charge in [0.05, 0.1) is 18.9 Å². The molecule has 2 unspecified atom stereocenters. The third kappa shape index (κ3) is 5.49. The number of aromatic amines is 1. The Balaban J connectivity index is 1.68. The Morgan fingerprint density at radius 2 is 1.97 bits per heavy atom. The lowest BCUT2D eigenvalue weighted by Gasteiger charge is -2.23. The molecule has 2 atom stereocenters. The molecule has 1 aromatic heterocycles. The number of aromatic nitrogens is 2. The van der Waals surface area contributed by atoms with Gasteiger partial charge in [0.1, 0.15) is 11.7 Å². The van der Waals surface area contributed by atoms with E-state index in [0.29, 0.717) is 5.69 Å². The summed E-state index contributed by atoms with van der Waals surface area (Å²) in [7, 11) is 1.29. The second-order valence-corrected chi connectivity index (χ2v) is 7.74. The molecule has 1 aliphatic carbocycles. The Kier molecular flexibility index (Phi) is 7.41. The maximum absolute atomic E-state index is 12.7. The van der Waals surface area contributed by atoms with E-state index in [2.05, 4.69) is 25.6 Å². The van der Waals surface area contributed by atoms with Crippen molar-refractivity contribution in [2.45, 2.75) is 51.3 Å². The smallest absolute Gasteiger partial charge is 0.356 e. The number of benzene rings is 1. The van der Waals surface area contributed by atoms with Gasteiger partial charge in [0.15, 0.2) is 0 Å². The number of carbonyl (C=O) groups is 3. The number of aliphatic hydroxyl groups excluding tert-OH is 1. The minimum atomic E-state index is -1.03. The summed E-state index contributed by atoms with van der Waals surface area (Å²) in [6.45, 7) is 1.64. The highest BCUT2D eigenvalue weighted by Crippen LogP contribution is 2.25. The van der Waals surface area contributed by atoms with Gasteiger partial charge in [0, 0.05) is 18.0 Å². The molecule has 9 heteroatoms. The van der Waals surface area contributed by atoms with Gasteiger partial charge in [-0.1, -0.05) is 37.1 Å². The first-order chi connectivity index (χ1) is 14.9. The van der Waals surface area contributed by atoms with Crippen molar-refractivity contribution in [1.82, 2.24) is 20.8 Å². The number of nitrogens with one attached hydrogen (secondary N) is 3. The van der Waals surface area contributed by atoms with Gasteiger partial charge in [0.2, 0.25) is 11.8 Å². The largest absolute Gasteiger partial charge is 0.464 e. The first kappa shape index (κ1) is 22.5. The predicted octanol–water partition coefficient (Wildman–Crippen LogP) is 1.54. The fourth-order valence-corrected chi connectivity index (χ4v) is 3.76. The zero-order valence-corrected chi connectivity index (χ0v) is 17.7. The number of hydrogen-bond acceptors (Lipinski definition) is 6. The fourth-order valence-electron chi connectivity index (χ4n) is 3.76. The summed E-state index contributed by atoms with van der Waals surface area (Å²) in [4.78, 5) is 36.8. The highest BCUT2D eigenvalue weighted by Gasteiger charge is 2.30. The van der Waals surface area contributed by atoms with Crippen LogP contribution in [0.2, 0.25) is 0 Å². The number of ether oxygens (including phenoxy) is 1. The summed E-state index contributed by atoms with van der Waals surface area (Å²) in [5, 5.41) is 22.3. The van der Waals surface area contributed by atoms with Crippen molar-refractivity contribution < 1.29 is 24.2 Å². The van der Waals surface area contributed by atoms with Gasteiger partial charge < -0.3 is 20.5 Å². The molecule has 0 spiro atoms. The molecule has 1 heterocycles. The minimum absolute atomic E-state index is 0.0987. The Hall–Kier alpha value is -3.20. The number of H-pyrrole nitrogens is 1. The molecule has 31 heavy (non-hydrogen) atoms. The van der Waals surface area contributed by atoms with Crippen molar-refractivity contribution in [3.05, 3.63) is 41.6 Å². The molecule has 3 rings (SSSR count). The second-order valence-electron chi connectivity index (χ2n) is 7.74. The van der Waals surface area contributed by atoms with Crippen molar-refractivity contribution in [3.63, 3.8) is 0 Å². The molecule has 2 aromatic rings. The Morgan fingerprint density at radius 3 is 2.65 bits per heavy atom. The summed E-state index contributed by atoms with van der Waals surface area (Å²) >= 11 is 0. The maximum Gasteiger partial charge on any atom is 0.356 e. The van der Waals surface area contributed by atoms with Gasteiger partial charge in [-0.25, -0.2) is 4.79 Å². The zero-order valence-electron chi connectivity index (χ0n) is 17.7. The van der Waals surface area contributed by atoms with Crippen molar-refractivity contribution in [2.75, 3.05) is 7.11 Å². The van der Waals surface area contributed by atoms with Gasteiger partial charge >= 0.3 is 5.97 Å². The molecule has 4 N–H and O–H groups in total. The standard InChI is InChI=1S/C22H28N4O5/c1-13(27)19(24-20(28)14-7-3-4-8-14)21(29)23-12-15-9-5-6-10-16(15)17-11-18(26-25-17)22(30)31-2/h5-6,9-11,13-14,19,27H,3-4,7-8,12H2,1-2H3,(H,23,29)(H,24,28)(H,25,26). The van der Waals surface area contributed by atoms with Gasteiger partial charge in [0.25, 0.3) is 0 Å². The molecule has 166 valence electrons. The third-order valence-electron chi connectivity index (χ3n) is 5.52. The average Bonchev–Trinajstić information content (AvgIpc) is 3.47. The van der Waals surface area contributed by atoms with Crippen LogP contribution >= 0.6 is 0 Å². The number of esters is 1. The van der Waals surface area contributed by atoms with Crippen molar-refractivity contribution in [3.8, 4) is 11.3 Å². The van der Waals surface area contributed by atoms with Crippen LogP contribution in [0.25, 0.3) is 11.3 Å². The lowest BCUT2D eigenvalue weighted by molar-refractivity contribution is -0.133. The summed E-state index contributed by atoms with van der Waals surface area (Å²) in [5.41, 5.74) is 2.26. The van der Waals surface area contributed by atoms with Crippen LogP contribution in [-0.4, -0.2) is 52.3 Å². The Morgan fingerprint density at radius 1 is 1.26 bits per heavy atom. The van der Waals surface area contributed by atoms with E-state index in [9.17, 15) is 19.5 Å². The van der Waals surface area contributed by atoms with Crippen LogP contribution < -0.4 is 10.6 Å². The maximum atomic E-state index is 12.7. The zero-order chi connectivity index (χ0) is 22.4. The van der Waals surface area contributed by atoms with Crippen LogP contribution in [0.4, 0.5) is 0 Å². The summed E-state index contributed by atoms with van der Waals surface area (Å²) in [5.74, 6) is -1.28. The number of nitrogens with zero attached hydrogens (tertiary/aromatic N) is 1. The molecule has 1 fully saturated rings. The van der Waals surface area contributed by atoms with Crippen molar-refractivity contribution in [1.29, 1.82) is 0 Å². The number of hydrogen-bond donors (Lipinski definition) is 4. The molecule has 9 nitrogen and oxygen atoms in total. The van der Waals surface area contributed by atoms with E-state index in [4.69, 9.17) is 0 Å². The molecule has 1 saturated carbocycles. The topological polar surface area (TPSA) is 133 Å². The van der Waals surface area contributed by atoms with Gasteiger partial charge in [-0.3, -0.25) is 14.7 Å². The van der Waals surface area contributed by atoms with Crippen LogP contribution in [0.1, 0.15) is 48.7 Å². The first-order valence-electron chi connectivity index (χ1n) is 10.4. The Labute approximate surface area is 180 Å². The van der Waals surface area contributed by atoms with Crippen LogP contribution in [0, 0.1) is 5.92 Å². The molecule has 0 aliphatic heterocycles. The first-order valence-corrected chi connectivity index (χ1v) is 10.4. The van der Waals surface area contributed by atoms with E-state index < -0.39 is 24.0 Å². The summed E-state index contributed by atoms with van der Waals surface area (Å²) in [6, 6.07) is 7.85. The monoisotopic (exact) mass is 428 g/mol. The average molecular weight is 428 g/mol. The number of rotatable bonds is 8. The summed E-state index contributed by atoms with van der Waals surface area (Å²) in [6.07, 6.45) is 2.60. The lowest BCUT2D eigenvalue weighted by atomic mass is 10.0. The highest BCUT2D eigenvalue weighted by atomic mass is 16.5. The predicted molar refractivity (Wildman–Crippen MR) is 113 cm³/mol. The minimum Gasteiger partial charge on any atom is -0.464 e. The van der Waals surface area contributed by atoms with Crippen molar-refractivity contribution >= 4 is 17.8 Å². The van der Waals surface area contributed by atoms with Crippen LogP contribution in [0.3, 0.4) is 0 Å². The SMILES string of the molecule is COC(=O)c1cc(-c2ccccc2CNC(=O)C(NC(=O)C2CCCC2)C(C)O)n[nH]1.